The van der Waals surface area contributed by atoms with Gasteiger partial charge >= 0.3 is 5.76 Å². The molecule has 1 N–H and O–H groups in total. The van der Waals surface area contributed by atoms with E-state index in [2.05, 4.69) is 4.72 Å². The first-order valence-corrected chi connectivity index (χ1v) is 8.03. The van der Waals surface area contributed by atoms with Crippen LogP contribution in [-0.2, 0) is 16.6 Å². The summed E-state index contributed by atoms with van der Waals surface area (Å²) in [4.78, 5) is 11.7. The standard InChI is InChI=1S/C13H18N2O4S/c1-4-9(3)14-20(17,18)10-6-7-11-12(8-10)19-13(16)15(11)5-2/h6-9,14H,4-5H2,1-3H3/t9-/m0/s1. The molecular weight excluding hydrogens is 280 g/mol. The molecule has 7 heteroatoms. The van der Waals surface area contributed by atoms with Gasteiger partial charge < -0.3 is 4.42 Å². The van der Waals surface area contributed by atoms with Crippen molar-refractivity contribution in [3.05, 3.63) is 28.7 Å². The molecule has 0 radical (unpaired) electrons. The maximum Gasteiger partial charge on any atom is 0.419 e. The van der Waals surface area contributed by atoms with Gasteiger partial charge in [0.15, 0.2) is 5.58 Å². The fourth-order valence-electron chi connectivity index (χ4n) is 1.93. The predicted octanol–water partition coefficient (Wildman–Crippen LogP) is 1.69. The maximum atomic E-state index is 12.2. The van der Waals surface area contributed by atoms with Gasteiger partial charge in [0.2, 0.25) is 10.0 Å². The minimum atomic E-state index is -3.59. The van der Waals surface area contributed by atoms with Crippen LogP contribution in [0.1, 0.15) is 27.2 Å². The van der Waals surface area contributed by atoms with Crippen LogP contribution in [0.3, 0.4) is 0 Å². The van der Waals surface area contributed by atoms with Crippen molar-refractivity contribution in [2.45, 2.75) is 44.7 Å². The van der Waals surface area contributed by atoms with Gasteiger partial charge in [-0.25, -0.2) is 17.9 Å². The second kappa shape index (κ2) is 5.41. The summed E-state index contributed by atoms with van der Waals surface area (Å²) in [6.45, 7) is 6.00. The number of aromatic nitrogens is 1. The molecule has 1 heterocycles. The lowest BCUT2D eigenvalue weighted by atomic mass is 10.3. The fourth-order valence-corrected chi connectivity index (χ4v) is 3.27. The van der Waals surface area contributed by atoms with Gasteiger partial charge in [-0.3, -0.25) is 4.57 Å². The number of fused-ring (bicyclic) bond motifs is 1. The third kappa shape index (κ3) is 2.64. The molecule has 110 valence electrons. The second-order valence-electron chi connectivity index (χ2n) is 4.67. The van der Waals surface area contributed by atoms with Crippen LogP contribution in [0.15, 0.2) is 32.3 Å². The Hall–Kier alpha value is -1.60. The zero-order valence-corrected chi connectivity index (χ0v) is 12.5. The van der Waals surface area contributed by atoms with E-state index in [1.807, 2.05) is 13.8 Å². The molecule has 0 amide bonds. The normalized spacial score (nSPS) is 13.8. The number of nitrogens with one attached hydrogen (secondary N) is 1. The molecule has 0 aliphatic carbocycles. The lowest BCUT2D eigenvalue weighted by molar-refractivity contribution is 0.512. The number of hydrogen-bond acceptors (Lipinski definition) is 4. The predicted molar refractivity (Wildman–Crippen MR) is 76.2 cm³/mol. The van der Waals surface area contributed by atoms with Crippen molar-refractivity contribution in [2.24, 2.45) is 0 Å². The molecule has 2 aromatic rings. The fraction of sp³-hybridized carbons (Fsp3) is 0.462. The van der Waals surface area contributed by atoms with E-state index < -0.39 is 15.8 Å². The van der Waals surface area contributed by atoms with Crippen molar-refractivity contribution in [1.82, 2.24) is 9.29 Å². The molecule has 1 aromatic carbocycles. The molecule has 2 rings (SSSR count). The molecule has 0 unspecified atom stereocenters. The lowest BCUT2D eigenvalue weighted by Crippen LogP contribution is -2.31. The van der Waals surface area contributed by atoms with Crippen molar-refractivity contribution in [3.8, 4) is 0 Å². The molecule has 0 saturated heterocycles. The summed E-state index contributed by atoms with van der Waals surface area (Å²) < 4.78 is 33.4. The number of aryl methyl sites for hydroxylation is 1. The molecule has 20 heavy (non-hydrogen) atoms. The molecule has 1 atom stereocenters. The van der Waals surface area contributed by atoms with Crippen LogP contribution in [0, 0.1) is 0 Å². The molecule has 1 aromatic heterocycles. The first kappa shape index (κ1) is 14.8. The Morgan fingerprint density at radius 1 is 1.35 bits per heavy atom. The van der Waals surface area contributed by atoms with E-state index in [1.54, 1.807) is 13.0 Å². The maximum absolute atomic E-state index is 12.2. The van der Waals surface area contributed by atoms with Gasteiger partial charge in [0.25, 0.3) is 0 Å². The van der Waals surface area contributed by atoms with Crippen LogP contribution in [0.4, 0.5) is 0 Å². The first-order valence-electron chi connectivity index (χ1n) is 6.54. The Bertz CT molecular complexity index is 773. The number of hydrogen-bond donors (Lipinski definition) is 1. The van der Waals surface area contributed by atoms with E-state index in [4.69, 9.17) is 4.42 Å². The Morgan fingerprint density at radius 2 is 2.05 bits per heavy atom. The Balaban J connectivity index is 2.50. The molecule has 6 nitrogen and oxygen atoms in total. The highest BCUT2D eigenvalue weighted by molar-refractivity contribution is 7.89. The van der Waals surface area contributed by atoms with Crippen LogP contribution >= 0.6 is 0 Å². The van der Waals surface area contributed by atoms with Gasteiger partial charge in [0, 0.05) is 18.7 Å². The number of rotatable bonds is 5. The van der Waals surface area contributed by atoms with Crippen LogP contribution in [0.5, 0.6) is 0 Å². The van der Waals surface area contributed by atoms with Gasteiger partial charge in [-0.1, -0.05) is 6.92 Å². The Labute approximate surface area is 117 Å². The van der Waals surface area contributed by atoms with Gasteiger partial charge in [0.1, 0.15) is 0 Å². The van der Waals surface area contributed by atoms with E-state index in [1.165, 1.54) is 16.7 Å². The van der Waals surface area contributed by atoms with Crippen molar-refractivity contribution < 1.29 is 12.8 Å². The van der Waals surface area contributed by atoms with E-state index in [9.17, 15) is 13.2 Å². The van der Waals surface area contributed by atoms with Gasteiger partial charge in [0.05, 0.1) is 10.4 Å². The number of oxazole rings is 1. The molecule has 0 bridgehead atoms. The quantitative estimate of drug-likeness (QED) is 0.910. The van der Waals surface area contributed by atoms with Crippen LogP contribution < -0.4 is 10.5 Å². The highest BCUT2D eigenvalue weighted by Gasteiger charge is 2.18. The summed E-state index contributed by atoms with van der Waals surface area (Å²) in [7, 11) is -3.59. The van der Waals surface area contributed by atoms with Crippen LogP contribution in [0.25, 0.3) is 11.1 Å². The van der Waals surface area contributed by atoms with Crippen molar-refractivity contribution >= 4 is 21.1 Å². The highest BCUT2D eigenvalue weighted by atomic mass is 32.2. The van der Waals surface area contributed by atoms with E-state index >= 15 is 0 Å². The lowest BCUT2D eigenvalue weighted by Gasteiger charge is -2.11. The monoisotopic (exact) mass is 298 g/mol. The van der Waals surface area contributed by atoms with E-state index in [-0.39, 0.29) is 16.5 Å². The van der Waals surface area contributed by atoms with Crippen LogP contribution in [-0.4, -0.2) is 19.0 Å². The summed E-state index contributed by atoms with van der Waals surface area (Å²) in [6.07, 6.45) is 0.697. The van der Waals surface area contributed by atoms with Gasteiger partial charge in [-0.15, -0.1) is 0 Å². The average molecular weight is 298 g/mol. The zero-order valence-electron chi connectivity index (χ0n) is 11.7. The van der Waals surface area contributed by atoms with Crippen molar-refractivity contribution in [2.75, 3.05) is 0 Å². The van der Waals surface area contributed by atoms with Crippen molar-refractivity contribution in [3.63, 3.8) is 0 Å². The number of benzene rings is 1. The third-order valence-electron chi connectivity index (χ3n) is 3.23. The molecule has 0 aliphatic heterocycles. The summed E-state index contributed by atoms with van der Waals surface area (Å²) in [5.41, 5.74) is 0.879. The Morgan fingerprint density at radius 3 is 2.65 bits per heavy atom. The average Bonchev–Trinajstić information content (AvgIpc) is 2.72. The summed E-state index contributed by atoms with van der Waals surface area (Å²) in [6, 6.07) is 4.30. The van der Waals surface area contributed by atoms with Crippen LogP contribution in [0.2, 0.25) is 0 Å². The topological polar surface area (TPSA) is 81.3 Å². The van der Waals surface area contributed by atoms with E-state index in [0.717, 1.165) is 0 Å². The largest absolute Gasteiger partial charge is 0.419 e. The molecule has 0 saturated carbocycles. The first-order chi connectivity index (χ1) is 9.39. The number of sulfonamides is 1. The molecule has 0 aliphatic rings. The third-order valence-corrected chi connectivity index (χ3v) is 4.82. The smallest absolute Gasteiger partial charge is 0.408 e. The second-order valence-corrected chi connectivity index (χ2v) is 6.39. The SMILES string of the molecule is CC[C@H](C)NS(=O)(=O)c1ccc2c(c1)oc(=O)n2CC. The number of nitrogens with zero attached hydrogens (tertiary/aromatic N) is 1. The Kier molecular flexibility index (Phi) is 4.01. The molecule has 0 spiro atoms. The zero-order chi connectivity index (χ0) is 14.9. The summed E-state index contributed by atoms with van der Waals surface area (Å²) in [5.74, 6) is -0.480. The minimum absolute atomic E-state index is 0.0994. The van der Waals surface area contributed by atoms with Gasteiger partial charge in [-0.2, -0.15) is 0 Å². The van der Waals surface area contributed by atoms with E-state index in [0.29, 0.717) is 18.5 Å². The summed E-state index contributed by atoms with van der Waals surface area (Å²) >= 11 is 0. The van der Waals surface area contributed by atoms with Crippen molar-refractivity contribution in [1.29, 1.82) is 0 Å². The minimum Gasteiger partial charge on any atom is -0.408 e. The summed E-state index contributed by atoms with van der Waals surface area (Å²) in [5, 5.41) is 0. The molecule has 0 fully saturated rings. The highest BCUT2D eigenvalue weighted by Crippen LogP contribution is 2.18. The molecular formula is C13H18N2O4S. The van der Waals surface area contributed by atoms with Gasteiger partial charge in [-0.05, 0) is 32.4 Å².